The molecule has 0 saturated carbocycles. The van der Waals surface area contributed by atoms with Crippen LogP contribution in [-0.2, 0) is 0 Å². The summed E-state index contributed by atoms with van der Waals surface area (Å²) in [4.78, 5) is 1.79. The lowest BCUT2D eigenvalue weighted by Gasteiger charge is -2.40. The Balaban J connectivity index is 2.20. The van der Waals surface area contributed by atoms with Crippen LogP contribution in [0.2, 0.25) is 0 Å². The predicted molar refractivity (Wildman–Crippen MR) is 70.6 cm³/mol. The molecule has 0 radical (unpaired) electrons. The van der Waals surface area contributed by atoms with Gasteiger partial charge in [-0.1, -0.05) is 20.3 Å². The Labute approximate surface area is 107 Å². The van der Waals surface area contributed by atoms with Gasteiger partial charge < -0.3 is 10.6 Å². The number of hydrogen-bond donors (Lipinski definition) is 1. The van der Waals surface area contributed by atoms with Gasteiger partial charge in [0.25, 0.3) is 0 Å². The van der Waals surface area contributed by atoms with Crippen molar-refractivity contribution in [3.8, 4) is 0 Å². The van der Waals surface area contributed by atoms with Gasteiger partial charge in [-0.05, 0) is 30.4 Å². The van der Waals surface area contributed by atoms with Gasteiger partial charge in [-0.25, -0.2) is 8.78 Å². The third-order valence-electron chi connectivity index (χ3n) is 4.18. The topological polar surface area (TPSA) is 29.3 Å². The molecule has 2 nitrogen and oxygen atoms in total. The molecule has 0 aliphatic carbocycles. The van der Waals surface area contributed by atoms with Gasteiger partial charge in [-0.15, -0.1) is 0 Å². The van der Waals surface area contributed by atoms with E-state index >= 15 is 0 Å². The molecular weight excluding hydrogens is 234 g/mol. The molecule has 1 aliphatic heterocycles. The second-order valence-corrected chi connectivity index (χ2v) is 5.48. The van der Waals surface area contributed by atoms with Crippen LogP contribution in [0.5, 0.6) is 0 Å². The molecule has 1 aromatic carbocycles. The largest absolute Gasteiger partial charge is 0.399 e. The van der Waals surface area contributed by atoms with E-state index in [2.05, 4.69) is 13.8 Å². The first kappa shape index (κ1) is 13.1. The Morgan fingerprint density at radius 3 is 2.17 bits per heavy atom. The summed E-state index contributed by atoms with van der Waals surface area (Å²) < 4.78 is 27.6. The number of benzene rings is 1. The van der Waals surface area contributed by atoms with Crippen LogP contribution in [0.25, 0.3) is 0 Å². The van der Waals surface area contributed by atoms with Crippen molar-refractivity contribution in [2.45, 2.75) is 33.1 Å². The number of rotatable bonds is 2. The van der Waals surface area contributed by atoms with Crippen LogP contribution < -0.4 is 10.6 Å². The molecule has 1 aliphatic rings. The highest BCUT2D eigenvalue weighted by Crippen LogP contribution is 2.37. The zero-order chi connectivity index (χ0) is 13.3. The van der Waals surface area contributed by atoms with Crippen molar-refractivity contribution in [2.75, 3.05) is 23.7 Å². The van der Waals surface area contributed by atoms with E-state index in [-0.39, 0.29) is 11.4 Å². The quantitative estimate of drug-likeness (QED) is 0.818. The molecule has 1 fully saturated rings. The summed E-state index contributed by atoms with van der Waals surface area (Å²) in [6.45, 7) is 5.80. The molecule has 1 saturated heterocycles. The predicted octanol–water partition coefficient (Wildman–Crippen LogP) is 3.56. The number of anilines is 2. The molecule has 0 bridgehead atoms. The van der Waals surface area contributed by atoms with Crippen molar-refractivity contribution in [1.29, 1.82) is 0 Å². The van der Waals surface area contributed by atoms with Crippen molar-refractivity contribution < 1.29 is 8.78 Å². The number of nitrogens with two attached hydrogens (primary N) is 1. The highest BCUT2D eigenvalue weighted by Gasteiger charge is 2.30. The van der Waals surface area contributed by atoms with Gasteiger partial charge in [-0.2, -0.15) is 0 Å². The van der Waals surface area contributed by atoms with Crippen LogP contribution in [0.15, 0.2) is 12.1 Å². The molecule has 4 heteroatoms. The van der Waals surface area contributed by atoms with Crippen molar-refractivity contribution in [3.63, 3.8) is 0 Å². The molecule has 1 heterocycles. The fourth-order valence-electron chi connectivity index (χ4n) is 2.51. The number of nitrogen functional groups attached to an aromatic ring is 1. The minimum atomic E-state index is -0.562. The zero-order valence-corrected chi connectivity index (χ0v) is 11.0. The lowest BCUT2D eigenvalue weighted by Crippen LogP contribution is -2.39. The molecule has 0 amide bonds. The van der Waals surface area contributed by atoms with Crippen molar-refractivity contribution in [3.05, 3.63) is 23.8 Å². The average molecular weight is 254 g/mol. The van der Waals surface area contributed by atoms with Crippen molar-refractivity contribution >= 4 is 11.4 Å². The third-order valence-corrected chi connectivity index (χ3v) is 4.18. The van der Waals surface area contributed by atoms with Crippen LogP contribution in [0, 0.1) is 17.0 Å². The van der Waals surface area contributed by atoms with Crippen LogP contribution in [0.3, 0.4) is 0 Å². The van der Waals surface area contributed by atoms with E-state index in [1.807, 2.05) is 0 Å². The number of nitrogens with zero attached hydrogens (tertiary/aromatic N) is 1. The second kappa shape index (κ2) is 4.75. The molecule has 1 aromatic rings. The van der Waals surface area contributed by atoms with Crippen LogP contribution in [0.1, 0.15) is 33.1 Å². The Morgan fingerprint density at radius 2 is 1.72 bits per heavy atom. The van der Waals surface area contributed by atoms with E-state index in [0.717, 1.165) is 19.3 Å². The Kier molecular flexibility index (Phi) is 3.46. The smallest absolute Gasteiger partial charge is 0.151 e. The van der Waals surface area contributed by atoms with Crippen molar-refractivity contribution in [1.82, 2.24) is 0 Å². The van der Waals surface area contributed by atoms with Gasteiger partial charge in [0, 0.05) is 18.8 Å². The maximum absolute atomic E-state index is 13.8. The maximum atomic E-state index is 13.8. The number of piperidine rings is 1. The van der Waals surface area contributed by atoms with Gasteiger partial charge >= 0.3 is 0 Å². The monoisotopic (exact) mass is 254 g/mol. The highest BCUT2D eigenvalue weighted by molar-refractivity contribution is 5.56. The first-order chi connectivity index (χ1) is 8.45. The van der Waals surface area contributed by atoms with E-state index in [1.54, 1.807) is 4.90 Å². The van der Waals surface area contributed by atoms with Crippen molar-refractivity contribution in [2.24, 2.45) is 5.41 Å². The molecule has 2 N–H and O–H groups in total. The van der Waals surface area contributed by atoms with Gasteiger partial charge in [0.05, 0.1) is 0 Å². The normalized spacial score (nSPS) is 19.0. The van der Waals surface area contributed by atoms with E-state index in [0.29, 0.717) is 18.5 Å². The lowest BCUT2D eigenvalue weighted by atomic mass is 9.78. The lowest BCUT2D eigenvalue weighted by molar-refractivity contribution is 0.237. The standard InChI is InChI=1S/C14H20F2N2/c1-3-14(2)4-6-18(7-5-14)13-11(15)8-10(17)9-12(13)16/h8-9H,3-7,17H2,1-2H3. The highest BCUT2D eigenvalue weighted by atomic mass is 19.1. The SMILES string of the molecule is CCC1(C)CCN(c2c(F)cc(N)cc2F)CC1. The maximum Gasteiger partial charge on any atom is 0.151 e. The summed E-state index contributed by atoms with van der Waals surface area (Å²) in [5.41, 5.74) is 5.93. The summed E-state index contributed by atoms with van der Waals surface area (Å²) in [5.74, 6) is -1.12. The summed E-state index contributed by atoms with van der Waals surface area (Å²) in [7, 11) is 0. The number of halogens is 2. The molecule has 2 rings (SSSR count). The summed E-state index contributed by atoms with van der Waals surface area (Å²) in [5, 5.41) is 0. The van der Waals surface area contributed by atoms with Gasteiger partial charge in [0.2, 0.25) is 0 Å². The molecule has 100 valence electrons. The van der Waals surface area contributed by atoms with E-state index in [4.69, 9.17) is 5.73 Å². The fraction of sp³-hybridized carbons (Fsp3) is 0.571. The van der Waals surface area contributed by atoms with Gasteiger partial charge in [-0.3, -0.25) is 0 Å². The van der Waals surface area contributed by atoms with E-state index in [9.17, 15) is 8.78 Å². The van der Waals surface area contributed by atoms with Crippen LogP contribution in [-0.4, -0.2) is 13.1 Å². The zero-order valence-electron chi connectivity index (χ0n) is 11.0. The Hall–Kier alpha value is -1.32. The molecule has 0 aromatic heterocycles. The molecule has 0 atom stereocenters. The average Bonchev–Trinajstić information content (AvgIpc) is 2.30. The third kappa shape index (κ3) is 2.42. The minimum absolute atomic E-state index is 0.0716. The number of hydrogen-bond acceptors (Lipinski definition) is 2. The summed E-state index contributed by atoms with van der Waals surface area (Å²) >= 11 is 0. The Morgan fingerprint density at radius 1 is 1.22 bits per heavy atom. The van der Waals surface area contributed by atoms with Gasteiger partial charge in [0.15, 0.2) is 11.6 Å². The minimum Gasteiger partial charge on any atom is -0.399 e. The molecule has 0 spiro atoms. The van der Waals surface area contributed by atoms with E-state index in [1.165, 1.54) is 12.1 Å². The fourth-order valence-corrected chi connectivity index (χ4v) is 2.51. The Bertz CT molecular complexity index is 414. The molecule has 18 heavy (non-hydrogen) atoms. The van der Waals surface area contributed by atoms with E-state index < -0.39 is 11.6 Å². The van der Waals surface area contributed by atoms with Crippen LogP contribution >= 0.6 is 0 Å². The van der Waals surface area contributed by atoms with Crippen LogP contribution in [0.4, 0.5) is 20.2 Å². The summed E-state index contributed by atoms with van der Waals surface area (Å²) in [6, 6.07) is 2.37. The first-order valence-electron chi connectivity index (χ1n) is 6.45. The second-order valence-electron chi connectivity index (χ2n) is 5.48. The first-order valence-corrected chi connectivity index (χ1v) is 6.45. The van der Waals surface area contributed by atoms with Gasteiger partial charge in [0.1, 0.15) is 5.69 Å². The summed E-state index contributed by atoms with van der Waals surface area (Å²) in [6.07, 6.45) is 3.03. The molecular formula is C14H20F2N2. The molecule has 0 unspecified atom stereocenters.